The van der Waals surface area contributed by atoms with Gasteiger partial charge in [-0.05, 0) is 204 Å². The zero-order chi connectivity index (χ0) is 77.8. The lowest BCUT2D eigenvalue weighted by Crippen LogP contribution is -2.27. The van der Waals surface area contributed by atoms with Crippen molar-refractivity contribution >= 4 is 29.2 Å². The van der Waals surface area contributed by atoms with E-state index in [2.05, 4.69) is 153 Å². The molecule has 0 bridgehead atoms. The van der Waals surface area contributed by atoms with Crippen molar-refractivity contribution < 1.29 is 32.2 Å². The zero-order valence-electron chi connectivity index (χ0n) is 62.9. The number of nitrogens with two attached hydrogens (primary N) is 3. The Hall–Kier alpha value is -12.6. The Morgan fingerprint density at radius 1 is 0.500 bits per heavy atom. The fraction of sp³-hybridized carbons (Fsp3) is 0.300. The molecule has 12 aromatic rings. The van der Waals surface area contributed by atoms with E-state index in [0.29, 0.717) is 51.4 Å². The van der Waals surface area contributed by atoms with Gasteiger partial charge in [0.2, 0.25) is 0 Å². The number of nitrogens with zero attached hydrogens (tertiary/aromatic N) is 20. The third-order valence-corrected chi connectivity index (χ3v) is 19.8. The molecule has 0 saturated carbocycles. The van der Waals surface area contributed by atoms with E-state index >= 15 is 0 Å². The number of fused-ring (bicyclic) bond motifs is 3. The molecule has 0 fully saturated rings. The summed E-state index contributed by atoms with van der Waals surface area (Å²) in [7, 11) is 9.78. The molecule has 3 aliphatic rings. The Balaban J connectivity index is 0.000000145. The Morgan fingerprint density at radius 2 is 0.882 bits per heavy atom. The Morgan fingerprint density at radius 3 is 1.23 bits per heavy atom. The van der Waals surface area contributed by atoms with Gasteiger partial charge in [-0.25, -0.2) is 29.9 Å². The molecule has 12 heterocycles. The van der Waals surface area contributed by atoms with Crippen molar-refractivity contribution in [2.24, 2.45) is 0 Å². The van der Waals surface area contributed by atoms with Crippen molar-refractivity contribution in [2.45, 2.75) is 105 Å². The van der Waals surface area contributed by atoms with Crippen LogP contribution in [-0.4, -0.2) is 155 Å². The number of alkyl halides is 3. The van der Waals surface area contributed by atoms with E-state index in [4.69, 9.17) is 43.0 Å². The monoisotopic (exact) mass is 1490 g/mol. The number of hydrogen-bond acceptors (Lipinski definition) is 22. The van der Waals surface area contributed by atoms with E-state index in [1.807, 2.05) is 26.0 Å². The van der Waals surface area contributed by atoms with Gasteiger partial charge in [-0.1, -0.05) is 18.7 Å². The highest BCUT2D eigenvalue weighted by molar-refractivity contribution is 5.91. The summed E-state index contributed by atoms with van der Waals surface area (Å²) in [5.41, 5.74) is 36.7. The molecule has 0 aliphatic carbocycles. The molecule has 110 heavy (non-hydrogen) atoms. The lowest BCUT2D eigenvalue weighted by Gasteiger charge is -2.27. The van der Waals surface area contributed by atoms with Crippen LogP contribution in [0.2, 0.25) is 0 Å². The summed E-state index contributed by atoms with van der Waals surface area (Å²) in [6.07, 6.45) is 17.9. The lowest BCUT2D eigenvalue weighted by atomic mass is 9.92. The number of ether oxygens (including phenoxy) is 3. The van der Waals surface area contributed by atoms with Gasteiger partial charge in [-0.15, -0.1) is 4.98 Å². The van der Waals surface area contributed by atoms with Crippen LogP contribution < -0.4 is 31.4 Å². The summed E-state index contributed by atoms with van der Waals surface area (Å²) in [4.78, 5) is 62.7. The van der Waals surface area contributed by atoms with Gasteiger partial charge in [-0.2, -0.15) is 28.5 Å². The van der Waals surface area contributed by atoms with Gasteiger partial charge in [0.15, 0.2) is 34.7 Å². The maximum Gasteiger partial charge on any atom is 0.433 e. The normalized spacial score (nSPS) is 14.4. The summed E-state index contributed by atoms with van der Waals surface area (Å²) >= 11 is 0. The molecule has 0 saturated heterocycles. The first-order chi connectivity index (χ1) is 52.7. The van der Waals surface area contributed by atoms with Gasteiger partial charge in [-0.3, -0.25) is 28.8 Å². The summed E-state index contributed by atoms with van der Waals surface area (Å²) in [6.45, 7) is 25.0. The number of nitrogen functional groups attached to an aromatic ring is 3. The molecule has 3 aliphatic heterocycles. The molecular formula is C80H84F3N23O4. The average Bonchev–Trinajstić information content (AvgIpc) is 0.949. The minimum atomic E-state index is -4.53. The number of rotatable bonds is 16. The minimum Gasteiger partial charge on any atom is -0.433 e. The smallest absolute Gasteiger partial charge is 0.433 e. The van der Waals surface area contributed by atoms with Crippen molar-refractivity contribution in [2.75, 3.05) is 72.1 Å². The van der Waals surface area contributed by atoms with Gasteiger partial charge >= 0.3 is 6.18 Å². The summed E-state index contributed by atoms with van der Waals surface area (Å²) in [6, 6.07) is 21.9. The van der Waals surface area contributed by atoms with Crippen molar-refractivity contribution in [3.8, 4) is 68.7 Å². The Labute approximate surface area is 634 Å². The fourth-order valence-electron chi connectivity index (χ4n) is 13.5. The highest BCUT2D eigenvalue weighted by Crippen LogP contribution is 2.38. The number of aromatic nitrogens is 15. The zero-order valence-corrected chi connectivity index (χ0v) is 62.9. The molecule has 30 heteroatoms. The SMILES string of the molecule is Cc1cc(-c2cnc(N)c(Oc3cnn(C(C)c4ccc(C(=O)N(C)C)nc4)c3)n2)cc2c1CCN(C)C2.Cc1cc(-c2cnc(N)c(Oc3cnn(C(C)c4ccnc(C(F)(F)F)c4)c3)n2)cc2c1CCN(C)C2.[C-]#[N+]c1ccc(C(C)n2cc(Oc3nc(-c4cc(C)c5c(c4)CN(C)CC5)cnc3N)cn2)cn1. The number of halogens is 3. The predicted octanol–water partition coefficient (Wildman–Crippen LogP) is 13.3. The summed E-state index contributed by atoms with van der Waals surface area (Å²) in [5.74, 6) is 2.67. The number of pyridine rings is 3. The third kappa shape index (κ3) is 17.2. The van der Waals surface area contributed by atoms with Crippen molar-refractivity contribution in [1.82, 2.24) is 93.8 Å². The fourth-order valence-corrected chi connectivity index (χ4v) is 13.5. The first-order valence-electron chi connectivity index (χ1n) is 35.7. The molecule has 9 aromatic heterocycles. The topological polar surface area (TPSA) is 310 Å². The van der Waals surface area contributed by atoms with Crippen LogP contribution in [0, 0.1) is 27.3 Å². The maximum absolute atomic E-state index is 13.1. The van der Waals surface area contributed by atoms with E-state index < -0.39 is 17.9 Å². The second kappa shape index (κ2) is 32.1. The highest BCUT2D eigenvalue weighted by Gasteiger charge is 2.33. The second-order valence-electron chi connectivity index (χ2n) is 28.1. The first kappa shape index (κ1) is 75.6. The van der Waals surface area contributed by atoms with E-state index in [9.17, 15) is 18.0 Å². The molecule has 0 radical (unpaired) electrons. The number of anilines is 3. The molecule has 27 nitrogen and oxygen atoms in total. The molecular weight excluding hydrogens is 1400 g/mol. The van der Waals surface area contributed by atoms with Gasteiger partial charge < -0.3 is 55.9 Å². The molecule has 3 unspecified atom stereocenters. The first-order valence-corrected chi connectivity index (χ1v) is 35.7. The van der Waals surface area contributed by atoms with Gasteiger partial charge in [0.25, 0.3) is 29.4 Å². The van der Waals surface area contributed by atoms with E-state index in [0.717, 1.165) is 98.6 Å². The molecule has 0 spiro atoms. The van der Waals surface area contributed by atoms with Crippen LogP contribution in [0.15, 0.2) is 147 Å². The Bertz CT molecular complexity index is 5400. The lowest BCUT2D eigenvalue weighted by molar-refractivity contribution is -0.141. The third-order valence-electron chi connectivity index (χ3n) is 19.8. The van der Waals surface area contributed by atoms with Crippen molar-refractivity contribution in [1.29, 1.82) is 0 Å². The average molecular weight is 1490 g/mol. The van der Waals surface area contributed by atoms with Crippen molar-refractivity contribution in [3.05, 3.63) is 237 Å². The van der Waals surface area contributed by atoms with Crippen LogP contribution >= 0.6 is 0 Å². The predicted molar refractivity (Wildman–Crippen MR) is 410 cm³/mol. The van der Waals surface area contributed by atoms with Crippen LogP contribution in [0.25, 0.3) is 38.6 Å². The number of aryl methyl sites for hydroxylation is 3. The summed E-state index contributed by atoms with van der Waals surface area (Å²) in [5, 5.41) is 13.1. The standard InChI is InChI=1S/C28H32N8O2.C26H26F3N7O.C26H26N8O/c1-17-10-20(11-21-15-35(5)9-8-23(17)21)25-14-31-26(29)27(33-25)38-22-13-32-36(16-22)18(2)19-6-7-24(30-12-19)28(37)34(3)4;1-15-8-18(9-19-13-35(3)7-5-21(15)19)22-12-32-24(30)25(34-22)37-20-11-33-36(14-20)16(2)17-4-6-31-23(10-17)26(27,28)29;1-16-9-19(10-20-14-33(4)8-7-22(16)20)23-13-30-25(27)26(32-23)35-21-12-31-34(15-21)17(2)18-5-6-24(28-3)29-11-18/h6-7,10-14,16,18H,8-9,15H2,1-5H3,(H2,29,31);4,6,8-12,14,16H,5,7,13H2,1-3H3,(H2,30,32);5-6,9-13,15,17H,7-8,14H2,1-2,4H3,(H2,27,30). The Kier molecular flexibility index (Phi) is 22.1. The largest absolute Gasteiger partial charge is 0.433 e. The minimum absolute atomic E-state index is 0.0917. The van der Waals surface area contributed by atoms with Crippen LogP contribution in [0.5, 0.6) is 34.9 Å². The molecule has 6 N–H and O–H groups in total. The summed E-state index contributed by atoms with van der Waals surface area (Å²) < 4.78 is 62.1. The van der Waals surface area contributed by atoms with Crippen molar-refractivity contribution in [3.63, 3.8) is 0 Å². The molecule has 15 rings (SSSR count). The number of likely N-dealkylation sites (N-methyl/N-ethyl adjacent to an activating group) is 3. The van der Waals surface area contributed by atoms with Gasteiger partial charge in [0, 0.05) is 88.0 Å². The van der Waals surface area contributed by atoms with Crippen LogP contribution in [0.3, 0.4) is 0 Å². The van der Waals surface area contributed by atoms with E-state index in [-0.39, 0.29) is 53.1 Å². The highest BCUT2D eigenvalue weighted by atomic mass is 19.4. The van der Waals surface area contributed by atoms with Crippen LogP contribution in [0.1, 0.15) is 122 Å². The van der Waals surface area contributed by atoms with E-state index in [1.54, 1.807) is 104 Å². The molecule has 3 aromatic carbocycles. The molecule has 564 valence electrons. The number of amides is 1. The number of carbonyl (C=O) groups is 1. The van der Waals surface area contributed by atoms with Crippen LogP contribution in [0.4, 0.5) is 36.4 Å². The van der Waals surface area contributed by atoms with Gasteiger partial charge in [0.05, 0.1) is 91.0 Å². The number of hydrogen-bond donors (Lipinski definition) is 3. The molecule has 3 atom stereocenters. The van der Waals surface area contributed by atoms with Crippen LogP contribution in [-0.2, 0) is 45.1 Å². The van der Waals surface area contributed by atoms with Gasteiger partial charge in [0.1, 0.15) is 17.6 Å². The number of benzene rings is 3. The molecule has 1 amide bonds. The number of carbonyl (C=O) groups excluding carboxylic acids is 1. The second-order valence-corrected chi connectivity index (χ2v) is 28.1. The van der Waals surface area contributed by atoms with E-state index in [1.165, 1.54) is 71.9 Å². The maximum atomic E-state index is 13.1. The quantitative estimate of drug-likeness (QED) is 0.0757.